The zero-order valence-electron chi connectivity index (χ0n) is 7.93. The molecule has 1 rings (SSSR count). The van der Waals surface area contributed by atoms with Crippen molar-refractivity contribution < 1.29 is 4.79 Å². The van der Waals surface area contributed by atoms with Gasteiger partial charge in [-0.25, -0.2) is 0 Å². The highest BCUT2D eigenvalue weighted by atomic mass is 79.9. The molecule has 0 aliphatic heterocycles. The number of halogens is 1. The summed E-state index contributed by atoms with van der Waals surface area (Å²) in [5.74, 6) is 0. The predicted molar refractivity (Wildman–Crippen MR) is 58.5 cm³/mol. The van der Waals surface area contributed by atoms with Gasteiger partial charge in [-0.05, 0) is 46.0 Å². The maximum Gasteiger partial charge on any atom is 0.228 e. The summed E-state index contributed by atoms with van der Waals surface area (Å²) in [5.41, 5.74) is 3.35. The first-order valence-electron chi connectivity index (χ1n) is 4.50. The van der Waals surface area contributed by atoms with Gasteiger partial charge in [-0.15, -0.1) is 0 Å². The molecule has 0 heterocycles. The molecule has 0 aliphatic carbocycles. The zero-order chi connectivity index (χ0) is 9.84. The van der Waals surface area contributed by atoms with E-state index in [9.17, 15) is 4.79 Å². The molecule has 0 spiro atoms. The minimum atomic E-state index is -0.0372. The van der Waals surface area contributed by atoms with Crippen molar-refractivity contribution in [2.24, 2.45) is 0 Å². The number of carbonyl (C=O) groups is 1. The predicted octanol–water partition coefficient (Wildman–Crippen LogP) is 3.35. The normalized spacial score (nSPS) is 10.1. The summed E-state index contributed by atoms with van der Waals surface area (Å²) in [5, 5.41) is 0. The molecule has 1 nitrogen and oxygen atoms in total. The van der Waals surface area contributed by atoms with Gasteiger partial charge in [0, 0.05) is 5.56 Å². The molecule has 1 aromatic carbocycles. The summed E-state index contributed by atoms with van der Waals surface area (Å²) in [6.45, 7) is 4.24. The fraction of sp³-hybridized carbons (Fsp3) is 0.364. The molecule has 0 N–H and O–H groups in total. The molecule has 0 saturated heterocycles. The third kappa shape index (κ3) is 2.41. The average molecular weight is 241 g/mol. The van der Waals surface area contributed by atoms with Crippen molar-refractivity contribution in [2.75, 3.05) is 0 Å². The van der Waals surface area contributed by atoms with Gasteiger partial charge < -0.3 is 0 Å². The first-order valence-corrected chi connectivity index (χ1v) is 5.30. The van der Waals surface area contributed by atoms with Crippen LogP contribution in [0.3, 0.4) is 0 Å². The lowest BCUT2D eigenvalue weighted by atomic mass is 10.0. The van der Waals surface area contributed by atoms with Crippen LogP contribution >= 0.6 is 15.9 Å². The van der Waals surface area contributed by atoms with Crippen molar-refractivity contribution in [2.45, 2.75) is 26.7 Å². The molecule has 0 aliphatic rings. The first kappa shape index (κ1) is 10.5. The van der Waals surface area contributed by atoms with Crippen LogP contribution in [0, 0.1) is 0 Å². The molecule has 0 fully saturated rings. The Morgan fingerprint density at radius 1 is 1.23 bits per heavy atom. The molecule has 13 heavy (non-hydrogen) atoms. The third-order valence-electron chi connectivity index (χ3n) is 2.20. The standard InChI is InChI=1S/C11H13BrO/c1-3-8-5-6-10(11(12)13)7-9(8)4-2/h5-7H,3-4H2,1-2H3. The fourth-order valence-corrected chi connectivity index (χ4v) is 1.67. The highest BCUT2D eigenvalue weighted by molar-refractivity contribution is 9.18. The molecule has 0 unspecified atom stereocenters. The van der Waals surface area contributed by atoms with Crippen LogP contribution in [0.15, 0.2) is 18.2 Å². The molecule has 0 radical (unpaired) electrons. The van der Waals surface area contributed by atoms with E-state index in [0.29, 0.717) is 0 Å². The van der Waals surface area contributed by atoms with Crippen LogP contribution in [-0.4, -0.2) is 4.69 Å². The largest absolute Gasteiger partial charge is 0.281 e. The van der Waals surface area contributed by atoms with E-state index < -0.39 is 0 Å². The molecule has 0 saturated carbocycles. The number of hydrogen-bond donors (Lipinski definition) is 0. The van der Waals surface area contributed by atoms with E-state index in [4.69, 9.17) is 0 Å². The molecule has 70 valence electrons. The van der Waals surface area contributed by atoms with Gasteiger partial charge in [-0.2, -0.15) is 0 Å². The van der Waals surface area contributed by atoms with Crippen molar-refractivity contribution in [3.63, 3.8) is 0 Å². The summed E-state index contributed by atoms with van der Waals surface area (Å²) in [6.07, 6.45) is 2.01. The monoisotopic (exact) mass is 240 g/mol. The lowest BCUT2D eigenvalue weighted by Gasteiger charge is -2.06. The highest BCUT2D eigenvalue weighted by Crippen LogP contribution is 2.15. The lowest BCUT2D eigenvalue weighted by molar-refractivity contribution is 0.109. The van der Waals surface area contributed by atoms with Crippen LogP contribution in [0.5, 0.6) is 0 Å². The van der Waals surface area contributed by atoms with E-state index in [2.05, 4.69) is 29.8 Å². The van der Waals surface area contributed by atoms with Crippen LogP contribution in [0.1, 0.15) is 35.3 Å². The van der Waals surface area contributed by atoms with Crippen molar-refractivity contribution in [1.82, 2.24) is 0 Å². The second kappa shape index (κ2) is 4.56. The molecular formula is C11H13BrO. The number of rotatable bonds is 3. The SMILES string of the molecule is CCc1ccc(C(=O)Br)cc1CC. The minimum absolute atomic E-state index is 0.0372. The van der Waals surface area contributed by atoms with Crippen molar-refractivity contribution in [1.29, 1.82) is 0 Å². The number of hydrogen-bond acceptors (Lipinski definition) is 1. The van der Waals surface area contributed by atoms with Gasteiger partial charge >= 0.3 is 0 Å². The van der Waals surface area contributed by atoms with E-state index in [1.165, 1.54) is 11.1 Å². The van der Waals surface area contributed by atoms with Gasteiger partial charge in [0.25, 0.3) is 0 Å². The van der Waals surface area contributed by atoms with E-state index in [-0.39, 0.29) is 4.69 Å². The summed E-state index contributed by atoms with van der Waals surface area (Å²) in [4.78, 5) is 11.0. The topological polar surface area (TPSA) is 17.1 Å². The fourth-order valence-electron chi connectivity index (χ4n) is 1.42. The summed E-state index contributed by atoms with van der Waals surface area (Å²) >= 11 is 2.95. The Labute approximate surface area is 87.3 Å². The molecule has 0 aromatic heterocycles. The zero-order valence-corrected chi connectivity index (χ0v) is 9.52. The van der Waals surface area contributed by atoms with Crippen molar-refractivity contribution in [3.8, 4) is 0 Å². The van der Waals surface area contributed by atoms with Crippen LogP contribution in [-0.2, 0) is 12.8 Å². The van der Waals surface area contributed by atoms with Crippen LogP contribution in [0.4, 0.5) is 0 Å². The molecule has 0 atom stereocenters. The quantitative estimate of drug-likeness (QED) is 0.741. The van der Waals surface area contributed by atoms with Crippen molar-refractivity contribution >= 4 is 20.6 Å². The van der Waals surface area contributed by atoms with Crippen LogP contribution in [0.2, 0.25) is 0 Å². The number of carbonyl (C=O) groups excluding carboxylic acids is 1. The van der Waals surface area contributed by atoms with Gasteiger partial charge in [-0.1, -0.05) is 26.0 Å². The van der Waals surface area contributed by atoms with Gasteiger partial charge in [0.05, 0.1) is 0 Å². The summed E-state index contributed by atoms with van der Waals surface area (Å²) in [7, 11) is 0. The maximum atomic E-state index is 11.0. The van der Waals surface area contributed by atoms with E-state index >= 15 is 0 Å². The Hall–Kier alpha value is -0.630. The van der Waals surface area contributed by atoms with E-state index in [1.54, 1.807) is 0 Å². The highest BCUT2D eigenvalue weighted by Gasteiger charge is 2.04. The van der Waals surface area contributed by atoms with E-state index in [0.717, 1.165) is 18.4 Å². The van der Waals surface area contributed by atoms with E-state index in [1.807, 2.05) is 18.2 Å². The average Bonchev–Trinajstić information content (AvgIpc) is 2.16. The second-order valence-corrected chi connectivity index (χ2v) is 3.68. The Kier molecular flexibility index (Phi) is 3.67. The first-order chi connectivity index (χ1) is 6.19. The molecule has 0 bridgehead atoms. The van der Waals surface area contributed by atoms with Crippen LogP contribution in [0.25, 0.3) is 0 Å². The van der Waals surface area contributed by atoms with Gasteiger partial charge in [-0.3, -0.25) is 4.79 Å². The summed E-state index contributed by atoms with van der Waals surface area (Å²) in [6, 6.07) is 5.87. The third-order valence-corrected chi connectivity index (χ3v) is 2.65. The van der Waals surface area contributed by atoms with Crippen LogP contribution < -0.4 is 0 Å². The molecule has 1 aromatic rings. The number of benzene rings is 1. The Morgan fingerprint density at radius 3 is 2.31 bits per heavy atom. The number of aryl methyl sites for hydroxylation is 2. The molecule has 2 heteroatoms. The second-order valence-electron chi connectivity index (χ2n) is 2.96. The maximum absolute atomic E-state index is 11.0. The Morgan fingerprint density at radius 2 is 1.85 bits per heavy atom. The molecular weight excluding hydrogens is 228 g/mol. The Balaban J connectivity index is 3.13. The molecule has 0 amide bonds. The minimum Gasteiger partial charge on any atom is -0.281 e. The van der Waals surface area contributed by atoms with Gasteiger partial charge in [0.2, 0.25) is 4.69 Å². The Bertz CT molecular complexity index is 318. The summed E-state index contributed by atoms with van der Waals surface area (Å²) < 4.78 is -0.0372. The van der Waals surface area contributed by atoms with Crippen molar-refractivity contribution in [3.05, 3.63) is 34.9 Å². The van der Waals surface area contributed by atoms with Gasteiger partial charge in [0.1, 0.15) is 0 Å². The lowest BCUT2D eigenvalue weighted by Crippen LogP contribution is -1.95. The van der Waals surface area contributed by atoms with Gasteiger partial charge in [0.15, 0.2) is 0 Å². The smallest absolute Gasteiger partial charge is 0.228 e.